The molecule has 0 bridgehead atoms. The minimum Gasteiger partial charge on any atom is -0.0215 e. The Balaban J connectivity index is 3.58. The summed E-state index contributed by atoms with van der Waals surface area (Å²) in [4.78, 5) is 0. The summed E-state index contributed by atoms with van der Waals surface area (Å²) in [6.07, 6.45) is 3.33. The molecule has 0 heterocycles. The summed E-state index contributed by atoms with van der Waals surface area (Å²) in [5.74, 6) is 2.03. The standard InChI is InChI=1S/C13H24/c1-10(2)7-12(5)9-13(6)8-11(3)4/h10-13H,1,3,5-9H2,2,4H3/q+4. The number of hydrogen-bond donors (Lipinski definition) is 0. The normalized spacial score (nSPS) is 20.5. The second-order valence-electron chi connectivity index (χ2n) is 4.65. The van der Waals surface area contributed by atoms with Gasteiger partial charge in [-0.1, -0.05) is 0 Å². The van der Waals surface area contributed by atoms with Crippen molar-refractivity contribution in [2.24, 2.45) is 23.7 Å². The molecule has 4 unspecified atom stereocenters. The predicted octanol–water partition coefficient (Wildman–Crippen LogP) is 4.00. The smallest absolute Gasteiger partial charge is 0.0215 e. The van der Waals surface area contributed by atoms with Crippen molar-refractivity contribution < 1.29 is 0 Å². The van der Waals surface area contributed by atoms with E-state index >= 15 is 0 Å². The third-order valence-electron chi connectivity index (χ3n) is 2.14. The Kier molecular flexibility index (Phi) is 5.77. The van der Waals surface area contributed by atoms with Gasteiger partial charge in [0, 0.05) is 19.3 Å². The Bertz CT molecular complexity index is 99.2. The molecular weight excluding hydrogens is 156 g/mol. The van der Waals surface area contributed by atoms with Gasteiger partial charge in [-0.25, -0.2) is 0 Å². The fourth-order valence-electron chi connectivity index (χ4n) is 1.80. The molecule has 0 spiro atoms. The van der Waals surface area contributed by atoms with Gasteiger partial charge in [0.05, 0.1) is 39.5 Å². The summed E-state index contributed by atoms with van der Waals surface area (Å²) >= 11 is 0. The van der Waals surface area contributed by atoms with Gasteiger partial charge in [-0.2, -0.15) is 0 Å². The molecule has 0 aromatic heterocycles. The first-order chi connectivity index (χ1) is 5.91. The van der Waals surface area contributed by atoms with E-state index in [1.54, 1.807) is 0 Å². The molecule has 0 heteroatoms. The lowest BCUT2D eigenvalue weighted by molar-refractivity contribution is 0.381. The highest BCUT2D eigenvalue weighted by molar-refractivity contribution is 4.74. The average Bonchev–Trinajstić information content (AvgIpc) is 1.80. The second-order valence-corrected chi connectivity index (χ2v) is 4.65. The molecule has 0 aliphatic carbocycles. The highest BCUT2D eigenvalue weighted by atomic mass is 14.2. The van der Waals surface area contributed by atoms with Gasteiger partial charge in [0.2, 0.25) is 0 Å². The van der Waals surface area contributed by atoms with Gasteiger partial charge < -0.3 is 0 Å². The van der Waals surface area contributed by atoms with Crippen molar-refractivity contribution in [2.45, 2.75) is 33.1 Å². The molecule has 4 atom stereocenters. The Labute approximate surface area is 85.1 Å². The van der Waals surface area contributed by atoms with Crippen LogP contribution in [0.15, 0.2) is 0 Å². The molecule has 0 aromatic rings. The summed E-state index contributed by atoms with van der Waals surface area (Å²) in [7, 11) is 0. The molecule has 0 aromatic carbocycles. The third kappa shape index (κ3) is 7.83. The van der Waals surface area contributed by atoms with E-state index in [1.165, 1.54) is 0 Å². The van der Waals surface area contributed by atoms with Crippen molar-refractivity contribution >= 4 is 0 Å². The highest BCUT2D eigenvalue weighted by Crippen LogP contribution is 2.22. The molecule has 0 aliphatic rings. The van der Waals surface area contributed by atoms with Crippen molar-refractivity contribution in [1.29, 1.82) is 0 Å². The molecule has 0 rings (SSSR count). The van der Waals surface area contributed by atoms with E-state index in [9.17, 15) is 0 Å². The average molecular weight is 180 g/mol. The molecule has 0 radical (unpaired) electrons. The molecule has 0 aliphatic heterocycles. The summed E-state index contributed by atoms with van der Waals surface area (Å²) in [5, 5.41) is 0. The first kappa shape index (κ1) is 12.5. The van der Waals surface area contributed by atoms with E-state index in [0.717, 1.165) is 19.3 Å². The Morgan fingerprint density at radius 1 is 0.692 bits per heavy atom. The van der Waals surface area contributed by atoms with Crippen molar-refractivity contribution in [3.05, 3.63) is 27.7 Å². The summed E-state index contributed by atoms with van der Waals surface area (Å²) in [5.41, 5.74) is 0. The predicted molar refractivity (Wildman–Crippen MR) is 60.6 cm³/mol. The zero-order valence-electron chi connectivity index (χ0n) is 9.26. The minimum atomic E-state index is 0.506. The number of hydrogen-bond acceptors (Lipinski definition) is 0. The van der Waals surface area contributed by atoms with E-state index in [2.05, 4.69) is 41.5 Å². The SMILES string of the molecule is [CH2+]C(C)CC([CH2+])CC([CH2+])CC([CH2+])C. The van der Waals surface area contributed by atoms with Gasteiger partial charge in [0.15, 0.2) is 0 Å². The molecule has 0 saturated heterocycles. The molecule has 0 fully saturated rings. The fraction of sp³-hybridized carbons (Fsp3) is 0.692. The molecule has 0 saturated carbocycles. The minimum absolute atomic E-state index is 0.506. The van der Waals surface area contributed by atoms with E-state index in [4.69, 9.17) is 0 Å². The topological polar surface area (TPSA) is 0 Å². The molecule has 0 N–H and O–H groups in total. The van der Waals surface area contributed by atoms with Crippen LogP contribution in [0.3, 0.4) is 0 Å². The zero-order chi connectivity index (χ0) is 10.4. The van der Waals surface area contributed by atoms with Crippen LogP contribution in [-0.4, -0.2) is 0 Å². The Morgan fingerprint density at radius 2 is 1.00 bits per heavy atom. The van der Waals surface area contributed by atoms with Crippen LogP contribution in [0.1, 0.15) is 33.1 Å². The van der Waals surface area contributed by atoms with E-state index < -0.39 is 0 Å². The van der Waals surface area contributed by atoms with Crippen LogP contribution in [0.2, 0.25) is 0 Å². The van der Waals surface area contributed by atoms with Crippen LogP contribution in [0.25, 0.3) is 0 Å². The van der Waals surface area contributed by atoms with Gasteiger partial charge in [0.1, 0.15) is 11.8 Å². The molecule has 0 amide bonds. The van der Waals surface area contributed by atoms with Crippen LogP contribution in [0.5, 0.6) is 0 Å². The monoisotopic (exact) mass is 180 g/mol. The van der Waals surface area contributed by atoms with E-state index in [1.807, 2.05) is 0 Å². The van der Waals surface area contributed by atoms with Gasteiger partial charge in [-0.15, -0.1) is 0 Å². The Hall–Kier alpha value is -0.520. The maximum Gasteiger partial charge on any atom is 0.104 e. The van der Waals surface area contributed by atoms with Crippen LogP contribution < -0.4 is 0 Å². The molecule has 13 heavy (non-hydrogen) atoms. The van der Waals surface area contributed by atoms with Gasteiger partial charge >= 0.3 is 0 Å². The summed E-state index contributed by atoms with van der Waals surface area (Å²) in [6.45, 7) is 20.5. The highest BCUT2D eigenvalue weighted by Gasteiger charge is 2.23. The molecule has 72 valence electrons. The maximum absolute atomic E-state index is 4.13. The van der Waals surface area contributed by atoms with Gasteiger partial charge in [-0.3, -0.25) is 0 Å². The first-order valence-electron chi connectivity index (χ1n) is 5.24. The van der Waals surface area contributed by atoms with Crippen LogP contribution in [0.4, 0.5) is 0 Å². The first-order valence-corrected chi connectivity index (χ1v) is 5.24. The Morgan fingerprint density at radius 3 is 1.23 bits per heavy atom. The van der Waals surface area contributed by atoms with Crippen LogP contribution in [0, 0.1) is 51.4 Å². The van der Waals surface area contributed by atoms with Gasteiger partial charge in [0.25, 0.3) is 0 Å². The maximum atomic E-state index is 4.13. The van der Waals surface area contributed by atoms with E-state index in [0.29, 0.717) is 23.7 Å². The quantitative estimate of drug-likeness (QED) is 0.542. The van der Waals surface area contributed by atoms with Crippen molar-refractivity contribution in [3.63, 3.8) is 0 Å². The third-order valence-corrected chi connectivity index (χ3v) is 2.14. The second kappa shape index (κ2) is 6.01. The summed E-state index contributed by atoms with van der Waals surface area (Å²) in [6, 6.07) is 0. The van der Waals surface area contributed by atoms with Crippen molar-refractivity contribution in [2.75, 3.05) is 0 Å². The lowest BCUT2D eigenvalue weighted by atomic mass is 9.86. The molecular formula is C13H24+4. The van der Waals surface area contributed by atoms with Crippen molar-refractivity contribution in [1.82, 2.24) is 0 Å². The fourth-order valence-corrected chi connectivity index (χ4v) is 1.80. The number of rotatable bonds is 6. The zero-order valence-corrected chi connectivity index (χ0v) is 9.26. The van der Waals surface area contributed by atoms with Gasteiger partial charge in [-0.05, 0) is 13.8 Å². The van der Waals surface area contributed by atoms with E-state index in [-0.39, 0.29) is 0 Å². The summed E-state index contributed by atoms with van der Waals surface area (Å²) < 4.78 is 0. The lowest BCUT2D eigenvalue weighted by Gasteiger charge is -2.08. The van der Waals surface area contributed by atoms with Crippen LogP contribution >= 0.6 is 0 Å². The largest absolute Gasteiger partial charge is 0.104 e. The van der Waals surface area contributed by atoms with Crippen LogP contribution in [-0.2, 0) is 0 Å². The lowest BCUT2D eigenvalue weighted by Crippen LogP contribution is -2.08. The molecule has 0 nitrogen and oxygen atoms in total. The van der Waals surface area contributed by atoms with Crippen molar-refractivity contribution in [3.8, 4) is 0 Å².